The second-order valence-corrected chi connectivity index (χ2v) is 6.92. The predicted octanol–water partition coefficient (Wildman–Crippen LogP) is 5.36. The fraction of sp³-hybridized carbons (Fsp3) is 0. The van der Waals surface area contributed by atoms with Crippen LogP contribution >= 0.6 is 27.3 Å². The molecule has 0 aliphatic heterocycles. The van der Waals surface area contributed by atoms with Crippen molar-refractivity contribution in [3.63, 3.8) is 0 Å². The molecule has 3 nitrogen and oxygen atoms in total. The zero-order valence-electron chi connectivity index (χ0n) is 11.9. The summed E-state index contributed by atoms with van der Waals surface area (Å²) in [6, 6.07) is 18.2. The summed E-state index contributed by atoms with van der Waals surface area (Å²) < 4.78 is 2.88. The molecular formula is C18H10BrN3S. The summed E-state index contributed by atoms with van der Waals surface area (Å²) in [7, 11) is 0. The molecule has 0 radical (unpaired) electrons. The Morgan fingerprint density at radius 3 is 2.65 bits per heavy atom. The molecule has 5 heteroatoms. The van der Waals surface area contributed by atoms with E-state index in [0.29, 0.717) is 5.56 Å². The number of halogens is 1. The highest BCUT2D eigenvalue weighted by Crippen LogP contribution is 2.33. The van der Waals surface area contributed by atoms with Crippen LogP contribution in [0.2, 0.25) is 0 Å². The van der Waals surface area contributed by atoms with Crippen molar-refractivity contribution in [3.05, 3.63) is 70.1 Å². The van der Waals surface area contributed by atoms with Crippen LogP contribution in [0.4, 0.5) is 0 Å². The van der Waals surface area contributed by atoms with Gasteiger partial charge in [0.25, 0.3) is 0 Å². The highest BCUT2D eigenvalue weighted by atomic mass is 79.9. The van der Waals surface area contributed by atoms with E-state index in [1.54, 1.807) is 11.3 Å². The standard InChI is InChI=1S/C18H10BrN3S/c19-14-5-3-12(4-6-14)15-10-16-18(17-2-1-9-23-17)13(11-20)7-8-22(16)21-15/h1-10H. The summed E-state index contributed by atoms with van der Waals surface area (Å²) in [5, 5.41) is 16.1. The Kier molecular flexibility index (Phi) is 3.49. The number of pyridine rings is 1. The molecule has 0 bridgehead atoms. The number of rotatable bonds is 2. The van der Waals surface area contributed by atoms with E-state index < -0.39 is 0 Å². The molecule has 0 unspecified atom stereocenters. The van der Waals surface area contributed by atoms with E-state index in [4.69, 9.17) is 0 Å². The number of hydrogen-bond acceptors (Lipinski definition) is 3. The maximum Gasteiger partial charge on any atom is 0.0999 e. The molecule has 4 aromatic rings. The van der Waals surface area contributed by atoms with Crippen LogP contribution in [0.25, 0.3) is 27.2 Å². The molecule has 0 amide bonds. The lowest BCUT2D eigenvalue weighted by atomic mass is 10.1. The van der Waals surface area contributed by atoms with Gasteiger partial charge in [-0.05, 0) is 35.7 Å². The molecule has 0 spiro atoms. The Morgan fingerprint density at radius 2 is 1.96 bits per heavy atom. The minimum absolute atomic E-state index is 0.669. The highest BCUT2D eigenvalue weighted by Gasteiger charge is 2.14. The highest BCUT2D eigenvalue weighted by molar-refractivity contribution is 9.10. The molecule has 4 rings (SSSR count). The van der Waals surface area contributed by atoms with Crippen LogP contribution in [-0.2, 0) is 0 Å². The van der Waals surface area contributed by atoms with Gasteiger partial charge < -0.3 is 0 Å². The molecule has 23 heavy (non-hydrogen) atoms. The Bertz CT molecular complexity index is 1020. The van der Waals surface area contributed by atoms with Gasteiger partial charge in [-0.15, -0.1) is 11.3 Å². The van der Waals surface area contributed by atoms with Crippen LogP contribution in [0.5, 0.6) is 0 Å². The summed E-state index contributed by atoms with van der Waals surface area (Å²) in [5.74, 6) is 0. The summed E-state index contributed by atoms with van der Waals surface area (Å²) in [5.41, 5.74) is 4.51. The first-order chi connectivity index (χ1) is 11.3. The van der Waals surface area contributed by atoms with Gasteiger partial charge in [0.15, 0.2) is 0 Å². The summed E-state index contributed by atoms with van der Waals surface area (Å²) >= 11 is 5.08. The van der Waals surface area contributed by atoms with Gasteiger partial charge in [-0.2, -0.15) is 10.4 Å². The van der Waals surface area contributed by atoms with Crippen LogP contribution in [0.3, 0.4) is 0 Å². The molecule has 0 saturated carbocycles. The molecule has 0 saturated heterocycles. The molecule has 0 aliphatic rings. The van der Waals surface area contributed by atoms with Crippen molar-refractivity contribution in [1.82, 2.24) is 9.61 Å². The molecule has 110 valence electrons. The van der Waals surface area contributed by atoms with E-state index in [-0.39, 0.29) is 0 Å². The third-order valence-electron chi connectivity index (χ3n) is 3.67. The van der Waals surface area contributed by atoms with Crippen LogP contribution in [-0.4, -0.2) is 9.61 Å². The lowest BCUT2D eigenvalue weighted by Gasteiger charge is -2.03. The first-order valence-electron chi connectivity index (χ1n) is 6.98. The van der Waals surface area contributed by atoms with Gasteiger partial charge >= 0.3 is 0 Å². The van der Waals surface area contributed by atoms with Gasteiger partial charge in [-0.3, -0.25) is 0 Å². The van der Waals surface area contributed by atoms with Crippen molar-refractivity contribution < 1.29 is 0 Å². The van der Waals surface area contributed by atoms with E-state index in [9.17, 15) is 5.26 Å². The van der Waals surface area contributed by atoms with E-state index in [1.165, 1.54) is 0 Å². The van der Waals surface area contributed by atoms with E-state index in [2.05, 4.69) is 27.1 Å². The number of fused-ring (bicyclic) bond motifs is 1. The third-order valence-corrected chi connectivity index (χ3v) is 5.09. The third kappa shape index (κ3) is 2.46. The normalized spacial score (nSPS) is 10.8. The van der Waals surface area contributed by atoms with Gasteiger partial charge in [-0.1, -0.05) is 34.1 Å². The topological polar surface area (TPSA) is 41.1 Å². The van der Waals surface area contributed by atoms with Crippen molar-refractivity contribution in [1.29, 1.82) is 5.26 Å². The SMILES string of the molecule is N#Cc1ccn2nc(-c3ccc(Br)cc3)cc2c1-c1cccs1. The first-order valence-corrected chi connectivity index (χ1v) is 8.66. The Labute approximate surface area is 145 Å². The van der Waals surface area contributed by atoms with E-state index >= 15 is 0 Å². The fourth-order valence-corrected chi connectivity index (χ4v) is 3.65. The van der Waals surface area contributed by atoms with Crippen molar-refractivity contribution >= 4 is 32.8 Å². The number of thiophene rings is 1. The quantitative estimate of drug-likeness (QED) is 0.470. The fourth-order valence-electron chi connectivity index (χ4n) is 2.60. The van der Waals surface area contributed by atoms with Crippen LogP contribution in [0.1, 0.15) is 5.56 Å². The maximum absolute atomic E-state index is 9.45. The van der Waals surface area contributed by atoms with Crippen molar-refractivity contribution in [3.8, 4) is 27.8 Å². The smallest absolute Gasteiger partial charge is 0.0999 e. The van der Waals surface area contributed by atoms with Gasteiger partial charge in [-0.25, -0.2) is 4.52 Å². The lowest BCUT2D eigenvalue weighted by molar-refractivity contribution is 0.965. The number of hydrogen-bond donors (Lipinski definition) is 0. The number of nitriles is 1. The monoisotopic (exact) mass is 379 g/mol. The number of benzene rings is 1. The second-order valence-electron chi connectivity index (χ2n) is 5.06. The summed E-state index contributed by atoms with van der Waals surface area (Å²) in [4.78, 5) is 1.08. The van der Waals surface area contributed by atoms with Crippen molar-refractivity contribution in [2.75, 3.05) is 0 Å². The first kappa shape index (κ1) is 14.2. The van der Waals surface area contributed by atoms with Gasteiger partial charge in [0.05, 0.1) is 22.8 Å². The summed E-state index contributed by atoms with van der Waals surface area (Å²) in [6.45, 7) is 0. The maximum atomic E-state index is 9.45. The van der Waals surface area contributed by atoms with E-state index in [0.717, 1.165) is 31.7 Å². The molecule has 0 fully saturated rings. The number of aromatic nitrogens is 2. The zero-order valence-corrected chi connectivity index (χ0v) is 14.3. The lowest BCUT2D eigenvalue weighted by Crippen LogP contribution is -1.91. The van der Waals surface area contributed by atoms with Crippen LogP contribution in [0, 0.1) is 11.3 Å². The largest absolute Gasteiger partial charge is 0.240 e. The van der Waals surface area contributed by atoms with Gasteiger partial charge in [0, 0.05) is 26.7 Å². The van der Waals surface area contributed by atoms with Gasteiger partial charge in [0.2, 0.25) is 0 Å². The Balaban J connectivity index is 1.97. The van der Waals surface area contributed by atoms with Crippen molar-refractivity contribution in [2.45, 2.75) is 0 Å². The molecule has 3 heterocycles. The van der Waals surface area contributed by atoms with Crippen molar-refractivity contribution in [2.24, 2.45) is 0 Å². The zero-order chi connectivity index (χ0) is 15.8. The average Bonchev–Trinajstić information content (AvgIpc) is 3.24. The van der Waals surface area contributed by atoms with Gasteiger partial charge in [0.1, 0.15) is 0 Å². The molecule has 1 aromatic carbocycles. The van der Waals surface area contributed by atoms with Crippen LogP contribution in [0.15, 0.2) is 64.6 Å². The van der Waals surface area contributed by atoms with E-state index in [1.807, 2.05) is 64.6 Å². The Morgan fingerprint density at radius 1 is 1.13 bits per heavy atom. The Hall–Kier alpha value is -2.42. The minimum atomic E-state index is 0.669. The van der Waals surface area contributed by atoms with Crippen LogP contribution < -0.4 is 0 Å². The average molecular weight is 380 g/mol. The molecular weight excluding hydrogens is 370 g/mol. The molecule has 0 N–H and O–H groups in total. The molecule has 0 atom stereocenters. The molecule has 0 aliphatic carbocycles. The summed E-state index contributed by atoms with van der Waals surface area (Å²) in [6.07, 6.45) is 1.84. The number of nitrogens with zero attached hydrogens (tertiary/aromatic N) is 3. The predicted molar refractivity (Wildman–Crippen MR) is 96.4 cm³/mol. The minimum Gasteiger partial charge on any atom is -0.240 e. The second kappa shape index (κ2) is 5.65. The molecule has 3 aromatic heterocycles.